The molecule has 0 saturated heterocycles. The van der Waals surface area contributed by atoms with Crippen molar-refractivity contribution in [2.75, 3.05) is 13.7 Å². The Bertz CT molecular complexity index is 215. The molecule has 1 unspecified atom stereocenters. The van der Waals surface area contributed by atoms with E-state index in [-0.39, 0.29) is 18.4 Å². The number of benzene rings is 1. The Hall–Kier alpha value is -0.570. The zero-order valence-electron chi connectivity index (χ0n) is 7.77. The minimum atomic E-state index is 0. The summed E-state index contributed by atoms with van der Waals surface area (Å²) in [5, 5.41) is 0. The predicted octanol–water partition coefficient (Wildman–Crippen LogP) is 2.14. The zero-order chi connectivity index (χ0) is 8.81. The summed E-state index contributed by atoms with van der Waals surface area (Å²) >= 11 is 0. The highest BCUT2D eigenvalue weighted by Gasteiger charge is 2.03. The largest absolute Gasteiger partial charge is 0.385 e. The number of hydrogen-bond acceptors (Lipinski definition) is 2. The maximum Gasteiger partial charge on any atom is 0.0480 e. The third-order valence-corrected chi connectivity index (χ3v) is 1.86. The Morgan fingerprint density at radius 3 is 2.46 bits per heavy atom. The second-order valence-corrected chi connectivity index (χ2v) is 2.80. The molecule has 0 radical (unpaired) electrons. The summed E-state index contributed by atoms with van der Waals surface area (Å²) in [6.45, 7) is 0.718. The summed E-state index contributed by atoms with van der Waals surface area (Å²) in [7, 11) is 1.69. The van der Waals surface area contributed by atoms with Crippen LogP contribution in [0.1, 0.15) is 18.0 Å². The molecule has 0 aliphatic carbocycles. The molecule has 0 bridgehead atoms. The number of ether oxygens (including phenoxy) is 1. The Morgan fingerprint density at radius 2 is 1.92 bits per heavy atom. The minimum absolute atomic E-state index is 0. The van der Waals surface area contributed by atoms with Gasteiger partial charge in [0.25, 0.3) is 0 Å². The summed E-state index contributed by atoms with van der Waals surface area (Å²) in [6, 6.07) is 10.2. The highest BCUT2D eigenvalue weighted by Crippen LogP contribution is 2.12. The molecule has 0 amide bonds. The van der Waals surface area contributed by atoms with Crippen LogP contribution in [0.15, 0.2) is 30.3 Å². The van der Waals surface area contributed by atoms with Crippen LogP contribution in [-0.4, -0.2) is 13.7 Å². The first-order chi connectivity index (χ1) is 5.84. The van der Waals surface area contributed by atoms with E-state index in [1.807, 2.05) is 30.3 Å². The maximum atomic E-state index is 5.90. The fourth-order valence-corrected chi connectivity index (χ4v) is 1.11. The molecule has 1 atom stereocenters. The summed E-state index contributed by atoms with van der Waals surface area (Å²) in [5.41, 5.74) is 7.08. The van der Waals surface area contributed by atoms with Crippen molar-refractivity contribution < 1.29 is 4.74 Å². The molecule has 0 saturated carbocycles. The van der Waals surface area contributed by atoms with E-state index in [1.54, 1.807) is 7.11 Å². The van der Waals surface area contributed by atoms with Crippen molar-refractivity contribution >= 4 is 12.4 Å². The van der Waals surface area contributed by atoms with E-state index >= 15 is 0 Å². The van der Waals surface area contributed by atoms with Gasteiger partial charge in [0.15, 0.2) is 0 Å². The van der Waals surface area contributed by atoms with Crippen molar-refractivity contribution in [2.45, 2.75) is 12.5 Å². The second kappa shape index (κ2) is 6.89. The van der Waals surface area contributed by atoms with Crippen LogP contribution in [0.25, 0.3) is 0 Å². The molecule has 74 valence electrons. The molecule has 13 heavy (non-hydrogen) atoms. The van der Waals surface area contributed by atoms with E-state index in [2.05, 4.69) is 0 Å². The minimum Gasteiger partial charge on any atom is -0.385 e. The Labute approximate surface area is 85.5 Å². The standard InChI is InChI=1S/C10H15NO.ClH/c1-12-8-7-10(11)9-5-3-2-4-6-9;/h2-6,10H,7-8,11H2,1H3;1H. The topological polar surface area (TPSA) is 35.2 Å². The summed E-state index contributed by atoms with van der Waals surface area (Å²) < 4.78 is 4.95. The molecule has 0 aliphatic rings. The first kappa shape index (κ1) is 12.4. The lowest BCUT2D eigenvalue weighted by Gasteiger charge is -2.10. The molecule has 1 aromatic carbocycles. The fourth-order valence-electron chi connectivity index (χ4n) is 1.11. The normalized spacial score (nSPS) is 11.8. The van der Waals surface area contributed by atoms with Gasteiger partial charge in [-0.05, 0) is 12.0 Å². The van der Waals surface area contributed by atoms with Crippen molar-refractivity contribution in [1.29, 1.82) is 0 Å². The third-order valence-electron chi connectivity index (χ3n) is 1.86. The molecular formula is C10H16ClNO. The number of hydrogen-bond donors (Lipinski definition) is 1. The molecule has 0 heterocycles. The van der Waals surface area contributed by atoms with Crippen LogP contribution in [0, 0.1) is 0 Å². The van der Waals surface area contributed by atoms with E-state index in [1.165, 1.54) is 5.56 Å². The second-order valence-electron chi connectivity index (χ2n) is 2.80. The SMILES string of the molecule is COCCC(N)c1ccccc1.Cl. The maximum absolute atomic E-state index is 5.90. The number of nitrogens with two attached hydrogens (primary N) is 1. The van der Waals surface area contributed by atoms with Gasteiger partial charge >= 0.3 is 0 Å². The average molecular weight is 202 g/mol. The first-order valence-electron chi connectivity index (χ1n) is 4.14. The third kappa shape index (κ3) is 4.27. The van der Waals surface area contributed by atoms with E-state index in [0.717, 1.165) is 13.0 Å². The molecule has 1 aromatic rings. The van der Waals surface area contributed by atoms with Gasteiger partial charge < -0.3 is 10.5 Å². The summed E-state index contributed by atoms with van der Waals surface area (Å²) in [6.07, 6.45) is 0.876. The van der Waals surface area contributed by atoms with Crippen molar-refractivity contribution in [2.24, 2.45) is 5.73 Å². The number of rotatable bonds is 4. The lowest BCUT2D eigenvalue weighted by Crippen LogP contribution is -2.12. The van der Waals surface area contributed by atoms with Gasteiger partial charge in [0.2, 0.25) is 0 Å². The highest BCUT2D eigenvalue weighted by atomic mass is 35.5. The van der Waals surface area contributed by atoms with Gasteiger partial charge in [-0.15, -0.1) is 12.4 Å². The van der Waals surface area contributed by atoms with Gasteiger partial charge in [-0.25, -0.2) is 0 Å². The van der Waals surface area contributed by atoms with E-state index in [4.69, 9.17) is 10.5 Å². The quantitative estimate of drug-likeness (QED) is 0.810. The highest BCUT2D eigenvalue weighted by molar-refractivity contribution is 5.85. The van der Waals surface area contributed by atoms with Crippen LogP contribution in [0.3, 0.4) is 0 Å². The Morgan fingerprint density at radius 1 is 1.31 bits per heavy atom. The van der Waals surface area contributed by atoms with Crippen molar-refractivity contribution in [3.63, 3.8) is 0 Å². The van der Waals surface area contributed by atoms with Crippen molar-refractivity contribution in [3.05, 3.63) is 35.9 Å². The molecule has 0 aliphatic heterocycles. The smallest absolute Gasteiger partial charge is 0.0480 e. The van der Waals surface area contributed by atoms with Gasteiger partial charge in [0.05, 0.1) is 0 Å². The zero-order valence-corrected chi connectivity index (χ0v) is 8.59. The number of methoxy groups -OCH3 is 1. The van der Waals surface area contributed by atoms with Crippen LogP contribution in [0.5, 0.6) is 0 Å². The molecule has 0 aromatic heterocycles. The first-order valence-corrected chi connectivity index (χ1v) is 4.14. The summed E-state index contributed by atoms with van der Waals surface area (Å²) in [4.78, 5) is 0. The molecule has 0 spiro atoms. The van der Waals surface area contributed by atoms with E-state index in [9.17, 15) is 0 Å². The van der Waals surface area contributed by atoms with Gasteiger partial charge in [-0.1, -0.05) is 30.3 Å². The van der Waals surface area contributed by atoms with E-state index < -0.39 is 0 Å². The summed E-state index contributed by atoms with van der Waals surface area (Å²) in [5.74, 6) is 0. The predicted molar refractivity (Wildman–Crippen MR) is 57.1 cm³/mol. The van der Waals surface area contributed by atoms with Crippen molar-refractivity contribution in [1.82, 2.24) is 0 Å². The molecular weight excluding hydrogens is 186 g/mol. The Kier molecular flexibility index (Phi) is 6.59. The van der Waals surface area contributed by atoms with Crippen LogP contribution in [0.4, 0.5) is 0 Å². The van der Waals surface area contributed by atoms with Crippen LogP contribution in [-0.2, 0) is 4.74 Å². The number of halogens is 1. The molecule has 1 rings (SSSR count). The molecule has 2 N–H and O–H groups in total. The molecule has 2 nitrogen and oxygen atoms in total. The molecule has 3 heteroatoms. The van der Waals surface area contributed by atoms with Gasteiger partial charge in [-0.2, -0.15) is 0 Å². The van der Waals surface area contributed by atoms with Gasteiger partial charge in [-0.3, -0.25) is 0 Å². The lowest BCUT2D eigenvalue weighted by atomic mass is 10.1. The van der Waals surface area contributed by atoms with Crippen LogP contribution >= 0.6 is 12.4 Å². The van der Waals surface area contributed by atoms with Gasteiger partial charge in [0.1, 0.15) is 0 Å². The van der Waals surface area contributed by atoms with E-state index in [0.29, 0.717) is 0 Å². The molecule has 0 fully saturated rings. The lowest BCUT2D eigenvalue weighted by molar-refractivity contribution is 0.188. The van der Waals surface area contributed by atoms with Crippen molar-refractivity contribution in [3.8, 4) is 0 Å². The van der Waals surface area contributed by atoms with Crippen LogP contribution < -0.4 is 5.73 Å². The fraction of sp³-hybridized carbons (Fsp3) is 0.400. The van der Waals surface area contributed by atoms with Gasteiger partial charge in [0, 0.05) is 19.8 Å². The average Bonchev–Trinajstić information content (AvgIpc) is 2.15. The monoisotopic (exact) mass is 201 g/mol. The Balaban J connectivity index is 0.00000144. The van der Waals surface area contributed by atoms with Crippen LogP contribution in [0.2, 0.25) is 0 Å².